The van der Waals surface area contributed by atoms with Gasteiger partial charge in [0.15, 0.2) is 5.82 Å². The molecule has 35 heavy (non-hydrogen) atoms. The summed E-state index contributed by atoms with van der Waals surface area (Å²) in [7, 11) is 0. The fraction of sp³-hybridized carbons (Fsp3) is 0.583. The van der Waals surface area contributed by atoms with Crippen molar-refractivity contribution in [1.82, 2.24) is 19.9 Å². The molecular formula is C24H33N7O4. The number of ether oxygens (including phenoxy) is 3. The number of hydrogen-bond acceptors (Lipinski definition) is 10. The zero-order valence-corrected chi connectivity index (χ0v) is 20.5. The van der Waals surface area contributed by atoms with Crippen molar-refractivity contribution in [1.29, 1.82) is 0 Å². The lowest BCUT2D eigenvalue weighted by Crippen LogP contribution is -2.61. The van der Waals surface area contributed by atoms with Gasteiger partial charge in [-0.15, -0.1) is 0 Å². The second kappa shape index (κ2) is 9.46. The van der Waals surface area contributed by atoms with E-state index < -0.39 is 5.60 Å². The number of amides is 1. The summed E-state index contributed by atoms with van der Waals surface area (Å²) in [6.07, 6.45) is -0.609. The van der Waals surface area contributed by atoms with Crippen LogP contribution >= 0.6 is 0 Å². The summed E-state index contributed by atoms with van der Waals surface area (Å²) < 4.78 is 17.2. The Hall–Kier alpha value is -3.18. The second-order valence-corrected chi connectivity index (χ2v) is 10.2. The first-order chi connectivity index (χ1) is 16.7. The van der Waals surface area contributed by atoms with E-state index in [4.69, 9.17) is 34.9 Å². The van der Waals surface area contributed by atoms with E-state index in [0.717, 1.165) is 18.7 Å². The van der Waals surface area contributed by atoms with Crippen molar-refractivity contribution in [2.75, 3.05) is 68.0 Å². The standard InChI is InChI=1S/C24H33N7O4/c1-24(2,3)35-23(32)31-14-18-12-30(13-19(15-31)34-18)22-27-20(16-4-6-17(25)7-5-16)26-21(28-22)29-8-10-33-11-9-29/h4-7,18-19H,8-15,25H2,1-3H3. The van der Waals surface area contributed by atoms with Gasteiger partial charge in [0.05, 0.1) is 38.5 Å². The summed E-state index contributed by atoms with van der Waals surface area (Å²) in [6, 6.07) is 7.53. The Morgan fingerprint density at radius 2 is 1.54 bits per heavy atom. The number of morpholine rings is 3. The number of carbonyl (C=O) groups excluding carboxylic acids is 1. The van der Waals surface area contributed by atoms with Gasteiger partial charge in [0.1, 0.15) is 5.60 Å². The third-order valence-electron chi connectivity index (χ3n) is 6.09. The Balaban J connectivity index is 1.39. The quantitative estimate of drug-likeness (QED) is 0.647. The average molecular weight is 484 g/mol. The molecule has 1 amide bonds. The van der Waals surface area contributed by atoms with Crippen molar-refractivity contribution in [3.8, 4) is 11.4 Å². The lowest BCUT2D eigenvalue weighted by molar-refractivity contribution is -0.0952. The van der Waals surface area contributed by atoms with Crippen LogP contribution in [0.2, 0.25) is 0 Å². The highest BCUT2D eigenvalue weighted by atomic mass is 16.6. The van der Waals surface area contributed by atoms with Crippen LogP contribution in [0.5, 0.6) is 0 Å². The number of hydrogen-bond donors (Lipinski definition) is 1. The highest BCUT2D eigenvalue weighted by Gasteiger charge is 2.39. The van der Waals surface area contributed by atoms with Crippen LogP contribution in [0, 0.1) is 0 Å². The Bertz CT molecular complexity index is 1040. The smallest absolute Gasteiger partial charge is 0.410 e. The molecule has 0 spiro atoms. The third kappa shape index (κ3) is 5.57. The normalized spacial score (nSPS) is 22.8. The van der Waals surface area contributed by atoms with Gasteiger partial charge in [-0.05, 0) is 45.0 Å². The summed E-state index contributed by atoms with van der Waals surface area (Å²) in [6.45, 7) is 10.4. The number of carbonyl (C=O) groups is 1. The molecule has 11 nitrogen and oxygen atoms in total. The van der Waals surface area contributed by atoms with Crippen LogP contribution in [0.4, 0.5) is 22.4 Å². The number of anilines is 3. The molecule has 2 unspecified atom stereocenters. The number of nitrogen functional groups attached to an aromatic ring is 1. The molecule has 188 valence electrons. The Kier molecular flexibility index (Phi) is 6.37. The van der Waals surface area contributed by atoms with Gasteiger partial charge in [-0.2, -0.15) is 15.0 Å². The molecule has 3 fully saturated rings. The first-order valence-corrected chi connectivity index (χ1v) is 12.1. The molecule has 2 atom stereocenters. The van der Waals surface area contributed by atoms with E-state index in [1.807, 2.05) is 45.0 Å². The van der Waals surface area contributed by atoms with Gasteiger partial charge in [-0.25, -0.2) is 4.79 Å². The maximum atomic E-state index is 12.6. The average Bonchev–Trinajstić information content (AvgIpc) is 2.83. The van der Waals surface area contributed by atoms with E-state index in [2.05, 4.69) is 9.80 Å². The van der Waals surface area contributed by atoms with Crippen LogP contribution in [-0.4, -0.2) is 96.2 Å². The van der Waals surface area contributed by atoms with E-state index in [1.54, 1.807) is 4.90 Å². The van der Waals surface area contributed by atoms with Gasteiger partial charge in [0, 0.05) is 37.4 Å². The molecule has 0 saturated carbocycles. The predicted octanol–water partition coefficient (Wildman–Crippen LogP) is 1.78. The van der Waals surface area contributed by atoms with E-state index in [1.165, 1.54) is 0 Å². The molecule has 4 heterocycles. The van der Waals surface area contributed by atoms with Gasteiger partial charge in [-0.1, -0.05) is 0 Å². The minimum atomic E-state index is -0.532. The Morgan fingerprint density at radius 1 is 0.943 bits per heavy atom. The molecular weight excluding hydrogens is 450 g/mol. The van der Waals surface area contributed by atoms with Crippen LogP contribution < -0.4 is 15.5 Å². The molecule has 3 saturated heterocycles. The lowest BCUT2D eigenvalue weighted by Gasteiger charge is -2.45. The van der Waals surface area contributed by atoms with Crippen LogP contribution in [0.3, 0.4) is 0 Å². The van der Waals surface area contributed by atoms with Crippen molar-refractivity contribution in [2.24, 2.45) is 0 Å². The zero-order chi connectivity index (χ0) is 24.6. The van der Waals surface area contributed by atoms with E-state index in [-0.39, 0.29) is 18.3 Å². The first-order valence-electron chi connectivity index (χ1n) is 12.1. The summed E-state index contributed by atoms with van der Waals surface area (Å²) in [5.74, 6) is 1.85. The zero-order valence-electron chi connectivity index (χ0n) is 20.5. The van der Waals surface area contributed by atoms with Crippen LogP contribution in [0.15, 0.2) is 24.3 Å². The van der Waals surface area contributed by atoms with E-state index >= 15 is 0 Å². The molecule has 2 N–H and O–H groups in total. The minimum Gasteiger partial charge on any atom is -0.444 e. The number of nitrogens with two attached hydrogens (primary N) is 1. The summed E-state index contributed by atoms with van der Waals surface area (Å²) in [5.41, 5.74) is 6.91. The number of rotatable bonds is 3. The highest BCUT2D eigenvalue weighted by Crippen LogP contribution is 2.27. The maximum Gasteiger partial charge on any atom is 0.410 e. The SMILES string of the molecule is CC(C)(C)OC(=O)N1CC2CN(c3nc(-c4ccc(N)cc4)nc(N4CCOCC4)n3)CC(C1)O2. The fourth-order valence-corrected chi connectivity index (χ4v) is 4.49. The van der Waals surface area contributed by atoms with Gasteiger partial charge < -0.3 is 34.6 Å². The van der Waals surface area contributed by atoms with Crippen molar-refractivity contribution in [3.05, 3.63) is 24.3 Å². The summed E-state index contributed by atoms with van der Waals surface area (Å²) in [4.78, 5) is 33.1. The second-order valence-electron chi connectivity index (χ2n) is 10.2. The minimum absolute atomic E-state index is 0.154. The largest absolute Gasteiger partial charge is 0.444 e. The van der Waals surface area contributed by atoms with Crippen LogP contribution in [-0.2, 0) is 14.2 Å². The first kappa shape index (κ1) is 23.6. The van der Waals surface area contributed by atoms with Crippen molar-refractivity contribution >= 4 is 23.7 Å². The van der Waals surface area contributed by atoms with Gasteiger partial charge in [0.2, 0.25) is 11.9 Å². The Morgan fingerprint density at radius 3 is 2.14 bits per heavy atom. The molecule has 0 aliphatic carbocycles. The molecule has 5 rings (SSSR count). The topological polar surface area (TPSA) is 119 Å². The van der Waals surface area contributed by atoms with Gasteiger partial charge in [0.25, 0.3) is 0 Å². The van der Waals surface area contributed by atoms with Crippen molar-refractivity contribution < 1.29 is 19.0 Å². The van der Waals surface area contributed by atoms with Crippen molar-refractivity contribution in [2.45, 2.75) is 38.6 Å². The molecule has 3 aliphatic rings. The maximum absolute atomic E-state index is 12.6. The molecule has 11 heteroatoms. The lowest BCUT2D eigenvalue weighted by atomic mass is 10.1. The summed E-state index contributed by atoms with van der Waals surface area (Å²) >= 11 is 0. The van der Waals surface area contributed by atoms with Gasteiger partial charge in [-0.3, -0.25) is 0 Å². The van der Waals surface area contributed by atoms with E-state index in [9.17, 15) is 4.79 Å². The van der Waals surface area contributed by atoms with E-state index in [0.29, 0.717) is 62.8 Å². The molecule has 2 aromatic rings. The number of fused-ring (bicyclic) bond motifs is 2. The molecule has 1 aromatic carbocycles. The molecule has 3 aliphatic heterocycles. The van der Waals surface area contributed by atoms with Crippen LogP contribution in [0.1, 0.15) is 20.8 Å². The Labute approximate surface area is 205 Å². The highest BCUT2D eigenvalue weighted by molar-refractivity contribution is 5.68. The molecule has 0 radical (unpaired) electrons. The van der Waals surface area contributed by atoms with Crippen molar-refractivity contribution in [3.63, 3.8) is 0 Å². The van der Waals surface area contributed by atoms with Gasteiger partial charge >= 0.3 is 6.09 Å². The number of aromatic nitrogens is 3. The fourth-order valence-electron chi connectivity index (χ4n) is 4.49. The van der Waals surface area contributed by atoms with Crippen LogP contribution in [0.25, 0.3) is 11.4 Å². The number of benzene rings is 1. The summed E-state index contributed by atoms with van der Waals surface area (Å²) in [5, 5.41) is 0. The monoisotopic (exact) mass is 483 g/mol. The third-order valence-corrected chi connectivity index (χ3v) is 6.09. The molecule has 2 bridgehead atoms. The molecule has 1 aromatic heterocycles. The predicted molar refractivity (Wildman–Crippen MR) is 131 cm³/mol. The number of nitrogens with zero attached hydrogens (tertiary/aromatic N) is 6.